The third-order valence-electron chi connectivity index (χ3n) is 6.18. The van der Waals surface area contributed by atoms with Gasteiger partial charge in [0.15, 0.2) is 5.76 Å². The minimum absolute atomic E-state index is 0. The Balaban J connectivity index is 0.00000274. The van der Waals surface area contributed by atoms with E-state index in [1.54, 1.807) is 23.0 Å². The van der Waals surface area contributed by atoms with Gasteiger partial charge in [-0.05, 0) is 49.5 Å². The average molecular weight is 502 g/mol. The average Bonchev–Trinajstić information content (AvgIpc) is 3.55. The molecule has 0 radical (unpaired) electrons. The lowest BCUT2D eigenvalue weighted by molar-refractivity contribution is 0.191. The van der Waals surface area contributed by atoms with Crippen LogP contribution in [0.2, 0.25) is 0 Å². The summed E-state index contributed by atoms with van der Waals surface area (Å²) in [6.07, 6.45) is 3.53. The molecule has 4 heterocycles. The van der Waals surface area contributed by atoms with E-state index >= 15 is 0 Å². The molecule has 0 saturated carbocycles. The number of hydrogen-bond acceptors (Lipinski definition) is 8. The maximum absolute atomic E-state index is 12.5. The molecule has 4 aromatic rings. The van der Waals surface area contributed by atoms with Crippen molar-refractivity contribution in [1.82, 2.24) is 24.9 Å². The fourth-order valence-corrected chi connectivity index (χ4v) is 4.95. The number of fused-ring (bicyclic) bond motifs is 1. The number of nitrogens with one attached hydrogen (secondary N) is 1. The molecule has 1 aromatic carbocycles. The summed E-state index contributed by atoms with van der Waals surface area (Å²) in [4.78, 5) is 20.3. The molecule has 34 heavy (non-hydrogen) atoms. The van der Waals surface area contributed by atoms with Gasteiger partial charge in [0, 0.05) is 37.8 Å². The van der Waals surface area contributed by atoms with Gasteiger partial charge in [-0.1, -0.05) is 11.2 Å². The van der Waals surface area contributed by atoms with Crippen molar-refractivity contribution in [1.29, 1.82) is 0 Å². The van der Waals surface area contributed by atoms with E-state index in [9.17, 15) is 4.79 Å². The number of likely N-dealkylation sites (tertiary alicyclic amines) is 1. The van der Waals surface area contributed by atoms with Gasteiger partial charge >= 0.3 is 0 Å². The number of hydrogen-bond donors (Lipinski definition) is 1. The Labute approximate surface area is 207 Å². The molecule has 10 heteroatoms. The zero-order valence-electron chi connectivity index (χ0n) is 19.0. The van der Waals surface area contributed by atoms with Crippen LogP contribution in [0.5, 0.6) is 5.75 Å². The fourth-order valence-electron chi connectivity index (χ4n) is 4.28. The van der Waals surface area contributed by atoms with Gasteiger partial charge in [-0.3, -0.25) is 4.79 Å². The number of ether oxygens (including phenoxy) is 1. The van der Waals surface area contributed by atoms with Gasteiger partial charge in [0.05, 0.1) is 34.9 Å². The van der Waals surface area contributed by atoms with Crippen LogP contribution in [0.1, 0.15) is 18.5 Å². The molecule has 0 atom stereocenters. The summed E-state index contributed by atoms with van der Waals surface area (Å²) < 4.78 is 12.6. The van der Waals surface area contributed by atoms with Crippen molar-refractivity contribution in [2.24, 2.45) is 0 Å². The normalized spacial score (nSPS) is 14.9. The highest BCUT2D eigenvalue weighted by Gasteiger charge is 2.19. The topological polar surface area (TPSA) is 85.4 Å². The number of nitrogens with zero attached hydrogens (tertiary/aromatic N) is 4. The summed E-state index contributed by atoms with van der Waals surface area (Å²) in [6, 6.07) is 12.2. The lowest BCUT2D eigenvalue weighted by Crippen LogP contribution is -2.43. The van der Waals surface area contributed by atoms with E-state index in [0.29, 0.717) is 19.1 Å². The van der Waals surface area contributed by atoms with Gasteiger partial charge in [-0.2, -0.15) is 0 Å². The van der Waals surface area contributed by atoms with E-state index < -0.39 is 0 Å². The third-order valence-corrected chi connectivity index (χ3v) is 7.06. The second-order valence-corrected chi connectivity index (χ2v) is 9.21. The van der Waals surface area contributed by atoms with Crippen LogP contribution in [0.15, 0.2) is 57.3 Å². The first-order valence-corrected chi connectivity index (χ1v) is 12.1. The highest BCUT2D eigenvalue weighted by Crippen LogP contribution is 2.25. The largest absolute Gasteiger partial charge is 0.497 e. The van der Waals surface area contributed by atoms with E-state index in [1.165, 1.54) is 6.20 Å². The van der Waals surface area contributed by atoms with E-state index in [4.69, 9.17) is 9.26 Å². The molecule has 1 aliphatic rings. The smallest absolute Gasteiger partial charge is 0.269 e. The van der Waals surface area contributed by atoms with Crippen LogP contribution < -0.4 is 15.6 Å². The van der Waals surface area contributed by atoms with Gasteiger partial charge < -0.3 is 24.0 Å². The molecule has 1 aliphatic heterocycles. The summed E-state index contributed by atoms with van der Waals surface area (Å²) >= 11 is 1.65. The minimum Gasteiger partial charge on any atom is -0.497 e. The van der Waals surface area contributed by atoms with Crippen LogP contribution in [0.3, 0.4) is 0 Å². The third kappa shape index (κ3) is 5.50. The maximum Gasteiger partial charge on any atom is 0.269 e. The standard InChI is InChI=1S/C24H27N5O3S.ClH/c1-31-19-4-5-20-21(14-19)29(24(30)16-26-20)11-10-28-8-6-17(7-9-28)25-15-18-13-22(32-27-18)23-3-2-12-33-23;/h2-5,12-14,16-17,25H,6-11,15H2,1H3;1H. The SMILES string of the molecule is COc1ccc2ncc(=O)n(CCN3CCC(NCc4cc(-c5cccs5)on4)CC3)c2c1.Cl. The molecule has 0 amide bonds. The number of benzene rings is 1. The second-order valence-electron chi connectivity index (χ2n) is 8.26. The first-order chi connectivity index (χ1) is 16.2. The summed E-state index contributed by atoms with van der Waals surface area (Å²) in [5.41, 5.74) is 2.46. The van der Waals surface area contributed by atoms with E-state index in [2.05, 4.69) is 20.4 Å². The van der Waals surface area contributed by atoms with Crippen LogP contribution in [-0.2, 0) is 13.1 Å². The Morgan fingerprint density at radius 1 is 1.21 bits per heavy atom. The van der Waals surface area contributed by atoms with Crippen molar-refractivity contribution >= 4 is 34.8 Å². The summed E-state index contributed by atoms with van der Waals surface area (Å²) in [6.45, 7) is 4.17. The summed E-state index contributed by atoms with van der Waals surface area (Å²) in [5, 5.41) is 9.84. The first-order valence-electron chi connectivity index (χ1n) is 11.2. The Hall–Kier alpha value is -2.72. The van der Waals surface area contributed by atoms with Crippen molar-refractivity contribution in [2.75, 3.05) is 26.7 Å². The Kier molecular flexibility index (Phi) is 7.99. The molecule has 5 rings (SSSR count). The van der Waals surface area contributed by atoms with Gasteiger partial charge in [-0.15, -0.1) is 23.7 Å². The van der Waals surface area contributed by atoms with Crippen LogP contribution in [0.4, 0.5) is 0 Å². The van der Waals surface area contributed by atoms with Crippen molar-refractivity contribution < 1.29 is 9.26 Å². The quantitative estimate of drug-likeness (QED) is 0.393. The van der Waals surface area contributed by atoms with Crippen molar-refractivity contribution in [2.45, 2.75) is 32.0 Å². The molecule has 0 bridgehead atoms. The van der Waals surface area contributed by atoms with Crippen LogP contribution >= 0.6 is 23.7 Å². The van der Waals surface area contributed by atoms with Gasteiger partial charge in [0.25, 0.3) is 5.56 Å². The van der Waals surface area contributed by atoms with Crippen LogP contribution in [0, 0.1) is 0 Å². The van der Waals surface area contributed by atoms with Crippen LogP contribution in [-0.4, -0.2) is 52.4 Å². The van der Waals surface area contributed by atoms with E-state index in [0.717, 1.165) is 65.6 Å². The molecule has 1 saturated heterocycles. The highest BCUT2D eigenvalue weighted by atomic mass is 35.5. The number of methoxy groups -OCH3 is 1. The number of piperidine rings is 1. The zero-order chi connectivity index (χ0) is 22.6. The maximum atomic E-state index is 12.5. The fraction of sp³-hybridized carbons (Fsp3) is 0.375. The van der Waals surface area contributed by atoms with Crippen molar-refractivity contribution in [3.8, 4) is 16.4 Å². The van der Waals surface area contributed by atoms with Gasteiger partial charge in [-0.25, -0.2) is 4.98 Å². The lowest BCUT2D eigenvalue weighted by Gasteiger charge is -2.32. The Bertz CT molecular complexity index is 1270. The zero-order valence-corrected chi connectivity index (χ0v) is 20.6. The molecule has 0 aliphatic carbocycles. The number of thiophene rings is 1. The summed E-state index contributed by atoms with van der Waals surface area (Å²) in [7, 11) is 1.63. The predicted octanol–water partition coefficient (Wildman–Crippen LogP) is 3.80. The molecule has 180 valence electrons. The monoisotopic (exact) mass is 501 g/mol. The number of aromatic nitrogens is 3. The molecular formula is C24H28ClN5O3S. The molecule has 1 N–H and O–H groups in total. The van der Waals surface area contributed by atoms with Crippen molar-refractivity contribution in [3.05, 3.63) is 64.0 Å². The first kappa shape index (κ1) is 24.4. The van der Waals surface area contributed by atoms with Gasteiger partial charge in [0.1, 0.15) is 5.75 Å². The molecule has 8 nitrogen and oxygen atoms in total. The second kappa shape index (κ2) is 11.1. The van der Waals surface area contributed by atoms with E-state index in [-0.39, 0.29) is 18.0 Å². The van der Waals surface area contributed by atoms with E-state index in [1.807, 2.05) is 41.8 Å². The Morgan fingerprint density at radius 2 is 2.06 bits per heavy atom. The number of halogens is 1. The number of rotatable bonds is 8. The molecule has 0 unspecified atom stereocenters. The molecule has 0 spiro atoms. The lowest BCUT2D eigenvalue weighted by atomic mass is 10.0. The molecule has 3 aromatic heterocycles. The highest BCUT2D eigenvalue weighted by molar-refractivity contribution is 7.13. The summed E-state index contributed by atoms with van der Waals surface area (Å²) in [5.74, 6) is 1.55. The van der Waals surface area contributed by atoms with Crippen molar-refractivity contribution in [3.63, 3.8) is 0 Å². The predicted molar refractivity (Wildman–Crippen MR) is 136 cm³/mol. The molecular weight excluding hydrogens is 474 g/mol. The Morgan fingerprint density at radius 3 is 2.82 bits per heavy atom. The molecule has 1 fully saturated rings. The van der Waals surface area contributed by atoms with Crippen LogP contribution in [0.25, 0.3) is 21.7 Å². The van der Waals surface area contributed by atoms with Gasteiger partial charge in [0.2, 0.25) is 0 Å². The minimum atomic E-state index is -0.0816.